The molecule has 1 aliphatic heterocycles. The molecule has 2 aromatic rings. The predicted octanol–water partition coefficient (Wildman–Crippen LogP) is 1.86. The number of ketones is 1. The van der Waals surface area contributed by atoms with Gasteiger partial charge in [-0.25, -0.2) is 8.42 Å². The summed E-state index contributed by atoms with van der Waals surface area (Å²) in [4.78, 5) is 12.1. The van der Waals surface area contributed by atoms with Gasteiger partial charge in [-0.3, -0.25) is 10.2 Å². The standard InChI is InChI=1S/C19H20N4O4S2/c24-18(15-4-2-1-3-5-15)14-20-22-19(28)21-16-6-8-17(9-7-16)29(25,26)23-10-12-27-13-11-23/h1-9,14H,10-13H2,(H2,21,22,28). The molecule has 2 N–H and O–H groups in total. The van der Waals surface area contributed by atoms with E-state index < -0.39 is 10.0 Å². The summed E-state index contributed by atoms with van der Waals surface area (Å²) in [5.74, 6) is -0.251. The van der Waals surface area contributed by atoms with Gasteiger partial charge in [0.1, 0.15) is 0 Å². The summed E-state index contributed by atoms with van der Waals surface area (Å²) >= 11 is 5.13. The van der Waals surface area contributed by atoms with Crippen LogP contribution in [-0.4, -0.2) is 56.1 Å². The number of carbonyl (C=O) groups is 1. The molecule has 0 radical (unpaired) electrons. The number of nitrogens with one attached hydrogen (secondary N) is 2. The topological polar surface area (TPSA) is 100 Å². The minimum Gasteiger partial charge on any atom is -0.379 e. The van der Waals surface area contributed by atoms with E-state index in [9.17, 15) is 13.2 Å². The van der Waals surface area contributed by atoms with E-state index in [1.807, 2.05) is 6.07 Å². The number of hydrogen-bond donors (Lipinski definition) is 2. The number of rotatable bonds is 6. The summed E-state index contributed by atoms with van der Waals surface area (Å²) in [6.07, 6.45) is 1.14. The first-order valence-corrected chi connectivity index (χ1v) is 10.7. The Kier molecular flexibility index (Phi) is 7.04. The molecule has 3 rings (SSSR count). The number of carbonyl (C=O) groups excluding carboxylic acids is 1. The highest BCUT2D eigenvalue weighted by atomic mass is 32.2. The van der Waals surface area contributed by atoms with Crippen LogP contribution in [0.1, 0.15) is 10.4 Å². The van der Waals surface area contributed by atoms with Crippen molar-refractivity contribution < 1.29 is 17.9 Å². The number of anilines is 1. The van der Waals surface area contributed by atoms with Crippen LogP contribution in [-0.2, 0) is 14.8 Å². The molecular formula is C19H20N4O4S2. The Labute approximate surface area is 174 Å². The summed E-state index contributed by atoms with van der Waals surface area (Å²) < 4.78 is 31.8. The molecule has 0 bridgehead atoms. The first-order chi connectivity index (χ1) is 14.0. The lowest BCUT2D eigenvalue weighted by Crippen LogP contribution is -2.40. The minimum absolute atomic E-state index is 0.172. The Bertz CT molecular complexity index is 987. The molecule has 8 nitrogen and oxygen atoms in total. The average molecular weight is 433 g/mol. The second-order valence-corrected chi connectivity index (χ2v) is 8.44. The van der Waals surface area contributed by atoms with Crippen LogP contribution in [0.5, 0.6) is 0 Å². The summed E-state index contributed by atoms with van der Waals surface area (Å²) in [7, 11) is -3.54. The molecule has 152 valence electrons. The number of thiocarbonyl (C=S) groups is 1. The average Bonchev–Trinajstić information content (AvgIpc) is 2.75. The molecule has 10 heteroatoms. The highest BCUT2D eigenvalue weighted by Gasteiger charge is 2.26. The van der Waals surface area contributed by atoms with E-state index >= 15 is 0 Å². The number of hydrazone groups is 1. The van der Waals surface area contributed by atoms with Gasteiger partial charge in [0.05, 0.1) is 24.3 Å². The third kappa shape index (κ3) is 5.67. The third-order valence-corrected chi connectivity index (χ3v) is 6.23. The van der Waals surface area contributed by atoms with Crippen LogP contribution in [0.3, 0.4) is 0 Å². The lowest BCUT2D eigenvalue weighted by Gasteiger charge is -2.26. The highest BCUT2D eigenvalue weighted by molar-refractivity contribution is 7.89. The predicted molar refractivity (Wildman–Crippen MR) is 115 cm³/mol. The van der Waals surface area contributed by atoms with Crippen molar-refractivity contribution in [1.29, 1.82) is 0 Å². The molecular weight excluding hydrogens is 412 g/mol. The molecule has 1 fully saturated rings. The van der Waals surface area contributed by atoms with E-state index in [-0.39, 0.29) is 15.8 Å². The summed E-state index contributed by atoms with van der Waals surface area (Å²) in [6.45, 7) is 1.48. The van der Waals surface area contributed by atoms with Gasteiger partial charge in [-0.15, -0.1) is 0 Å². The van der Waals surface area contributed by atoms with Gasteiger partial charge in [-0.2, -0.15) is 9.41 Å². The number of benzene rings is 2. The van der Waals surface area contributed by atoms with Gasteiger partial charge in [-0.05, 0) is 36.5 Å². The van der Waals surface area contributed by atoms with Crippen molar-refractivity contribution in [2.24, 2.45) is 5.10 Å². The monoisotopic (exact) mass is 432 g/mol. The van der Waals surface area contributed by atoms with Crippen molar-refractivity contribution in [1.82, 2.24) is 9.73 Å². The molecule has 0 unspecified atom stereocenters. The number of hydrogen-bond acceptors (Lipinski definition) is 6. The minimum atomic E-state index is -3.54. The van der Waals surface area contributed by atoms with E-state index in [2.05, 4.69) is 15.8 Å². The molecule has 1 heterocycles. The zero-order chi connectivity index (χ0) is 20.7. The first kappa shape index (κ1) is 21.1. The lowest BCUT2D eigenvalue weighted by atomic mass is 10.1. The largest absolute Gasteiger partial charge is 0.379 e. The summed E-state index contributed by atoms with van der Waals surface area (Å²) in [6, 6.07) is 15.0. The van der Waals surface area contributed by atoms with Gasteiger partial charge in [0, 0.05) is 24.3 Å². The second kappa shape index (κ2) is 9.70. The van der Waals surface area contributed by atoms with E-state index in [4.69, 9.17) is 17.0 Å². The van der Waals surface area contributed by atoms with Gasteiger partial charge < -0.3 is 10.1 Å². The van der Waals surface area contributed by atoms with E-state index in [0.717, 1.165) is 6.21 Å². The van der Waals surface area contributed by atoms with E-state index in [0.29, 0.717) is 37.6 Å². The van der Waals surface area contributed by atoms with Gasteiger partial charge in [0.2, 0.25) is 15.8 Å². The maximum absolute atomic E-state index is 12.6. The summed E-state index contributed by atoms with van der Waals surface area (Å²) in [5.41, 5.74) is 3.67. The number of Topliss-reactive ketones (excluding diaryl/α,β-unsaturated/α-hetero) is 1. The van der Waals surface area contributed by atoms with Gasteiger partial charge in [0.15, 0.2) is 5.11 Å². The van der Waals surface area contributed by atoms with Crippen molar-refractivity contribution in [3.8, 4) is 0 Å². The molecule has 29 heavy (non-hydrogen) atoms. The normalized spacial score (nSPS) is 15.2. The van der Waals surface area contributed by atoms with Crippen molar-refractivity contribution in [3.05, 3.63) is 60.2 Å². The molecule has 0 amide bonds. The van der Waals surface area contributed by atoms with Crippen molar-refractivity contribution in [2.75, 3.05) is 31.6 Å². The van der Waals surface area contributed by atoms with Crippen LogP contribution in [0.4, 0.5) is 5.69 Å². The van der Waals surface area contributed by atoms with Crippen LogP contribution in [0.25, 0.3) is 0 Å². The smallest absolute Gasteiger partial charge is 0.243 e. The second-order valence-electron chi connectivity index (χ2n) is 6.10. The van der Waals surface area contributed by atoms with Crippen LogP contribution in [0.2, 0.25) is 0 Å². The van der Waals surface area contributed by atoms with Crippen molar-refractivity contribution >= 4 is 45.0 Å². The molecule has 0 aliphatic carbocycles. The molecule has 1 aliphatic rings. The van der Waals surface area contributed by atoms with Gasteiger partial charge in [-0.1, -0.05) is 30.3 Å². The third-order valence-electron chi connectivity index (χ3n) is 4.13. The van der Waals surface area contributed by atoms with Crippen LogP contribution in [0.15, 0.2) is 64.6 Å². The lowest BCUT2D eigenvalue weighted by molar-refractivity contribution is 0.0730. The number of sulfonamides is 1. The van der Waals surface area contributed by atoms with Crippen molar-refractivity contribution in [3.63, 3.8) is 0 Å². The fourth-order valence-electron chi connectivity index (χ4n) is 2.63. The summed E-state index contributed by atoms with van der Waals surface area (Å²) in [5, 5.41) is 6.87. The Morgan fingerprint density at radius 2 is 1.72 bits per heavy atom. The Hall–Kier alpha value is -2.66. The molecule has 2 aromatic carbocycles. The molecule has 0 saturated carbocycles. The van der Waals surface area contributed by atoms with E-state index in [1.165, 1.54) is 16.4 Å². The highest BCUT2D eigenvalue weighted by Crippen LogP contribution is 2.19. The number of nitrogens with zero attached hydrogens (tertiary/aromatic N) is 2. The Morgan fingerprint density at radius 3 is 2.38 bits per heavy atom. The fraction of sp³-hybridized carbons (Fsp3) is 0.211. The fourth-order valence-corrected chi connectivity index (χ4v) is 4.21. The van der Waals surface area contributed by atoms with Gasteiger partial charge >= 0.3 is 0 Å². The maximum atomic E-state index is 12.6. The number of morpholine rings is 1. The van der Waals surface area contributed by atoms with E-state index in [1.54, 1.807) is 36.4 Å². The maximum Gasteiger partial charge on any atom is 0.243 e. The molecule has 0 spiro atoms. The van der Waals surface area contributed by atoms with Crippen molar-refractivity contribution in [2.45, 2.75) is 4.90 Å². The quantitative estimate of drug-likeness (QED) is 0.311. The zero-order valence-electron chi connectivity index (χ0n) is 15.4. The Balaban J connectivity index is 1.54. The molecule has 0 atom stereocenters. The SMILES string of the molecule is O=C(C=NNC(=S)Nc1ccc(S(=O)(=O)N2CCOCC2)cc1)c1ccccc1. The Morgan fingerprint density at radius 1 is 1.07 bits per heavy atom. The van der Waals surface area contributed by atoms with Crippen LogP contribution >= 0.6 is 12.2 Å². The zero-order valence-corrected chi connectivity index (χ0v) is 17.1. The number of ether oxygens (including phenoxy) is 1. The molecule has 1 saturated heterocycles. The van der Waals surface area contributed by atoms with Crippen LogP contribution < -0.4 is 10.7 Å². The molecule has 0 aromatic heterocycles. The van der Waals surface area contributed by atoms with Crippen LogP contribution in [0, 0.1) is 0 Å². The first-order valence-electron chi connectivity index (χ1n) is 8.84. The van der Waals surface area contributed by atoms with Gasteiger partial charge in [0.25, 0.3) is 0 Å².